The quantitative estimate of drug-likeness (QED) is 0.476. The first-order valence-electron chi connectivity index (χ1n) is 3.39. The number of ketones is 1. The zero-order chi connectivity index (χ0) is 10.6. The predicted octanol–water partition coefficient (Wildman–Crippen LogP) is 0.0329. The summed E-state index contributed by atoms with van der Waals surface area (Å²) in [6.45, 7) is 4.79. The Balaban J connectivity index is 5.11. The normalized spacial score (nSPS) is 11.5. The molecule has 0 aromatic rings. The Morgan fingerprint density at radius 1 is 1.46 bits per heavy atom. The summed E-state index contributed by atoms with van der Waals surface area (Å²) in [5.41, 5.74) is 4.66. The number of carboxylic acids is 1. The van der Waals surface area contributed by atoms with Crippen LogP contribution in [-0.4, -0.2) is 24.0 Å². The molecule has 0 rings (SSSR count). The average Bonchev–Trinajstić information content (AvgIpc) is 2.04. The number of carbonyl (C=O) groups is 2. The number of carboxylic acid groups (broad SMARTS) is 1. The fourth-order valence-corrected chi connectivity index (χ4v) is 0.616. The van der Waals surface area contributed by atoms with Crippen LogP contribution < -0.4 is 5.73 Å². The van der Waals surface area contributed by atoms with Crippen LogP contribution >= 0.6 is 0 Å². The largest absolute Gasteiger partial charge is 0.491 e. The van der Waals surface area contributed by atoms with E-state index in [1.807, 2.05) is 0 Å². The molecule has 0 heterocycles. The molecule has 0 bridgehead atoms. The molecule has 5 heteroatoms. The number of carbonyl (C=O) groups excluding carboxylic acids is 1. The summed E-state index contributed by atoms with van der Waals surface area (Å²) in [7, 11) is 1.17. The monoisotopic (exact) mass is 185 g/mol. The van der Waals surface area contributed by atoms with Crippen molar-refractivity contribution in [3.63, 3.8) is 0 Å². The second-order valence-corrected chi connectivity index (χ2v) is 2.36. The Bertz CT molecular complexity index is 291. The van der Waals surface area contributed by atoms with E-state index in [4.69, 9.17) is 10.8 Å². The van der Waals surface area contributed by atoms with Crippen molar-refractivity contribution in [3.8, 4) is 0 Å². The van der Waals surface area contributed by atoms with E-state index in [0.29, 0.717) is 0 Å². The molecule has 0 atom stereocenters. The van der Waals surface area contributed by atoms with Gasteiger partial charge in [-0.1, -0.05) is 6.58 Å². The number of aliphatic carboxylic acids is 1. The van der Waals surface area contributed by atoms with Crippen molar-refractivity contribution in [1.29, 1.82) is 0 Å². The van der Waals surface area contributed by atoms with Crippen LogP contribution in [0.25, 0.3) is 0 Å². The van der Waals surface area contributed by atoms with Crippen molar-refractivity contribution in [3.05, 3.63) is 23.6 Å². The minimum Gasteiger partial charge on any atom is -0.491 e. The Morgan fingerprint density at radius 3 is 2.15 bits per heavy atom. The fraction of sp³-hybridized carbons (Fsp3) is 0.250. The molecule has 0 amide bonds. The maximum Gasteiger partial charge on any atom is 0.355 e. The molecular weight excluding hydrogens is 174 g/mol. The first-order valence-corrected chi connectivity index (χ1v) is 3.39. The van der Waals surface area contributed by atoms with Gasteiger partial charge < -0.3 is 15.6 Å². The lowest BCUT2D eigenvalue weighted by Gasteiger charge is -2.05. The van der Waals surface area contributed by atoms with Gasteiger partial charge in [-0.3, -0.25) is 4.79 Å². The number of allylic oxidation sites excluding steroid dienone is 1. The molecule has 0 radical (unpaired) electrons. The molecule has 0 unspecified atom stereocenters. The van der Waals surface area contributed by atoms with E-state index >= 15 is 0 Å². The van der Waals surface area contributed by atoms with Gasteiger partial charge >= 0.3 is 5.97 Å². The van der Waals surface area contributed by atoms with Gasteiger partial charge in [0.1, 0.15) is 0 Å². The zero-order valence-electron chi connectivity index (χ0n) is 7.46. The Hall–Kier alpha value is -1.78. The van der Waals surface area contributed by atoms with Crippen molar-refractivity contribution in [1.82, 2.24) is 0 Å². The highest BCUT2D eigenvalue weighted by molar-refractivity contribution is 6.09. The van der Waals surface area contributed by atoms with Crippen LogP contribution in [0.2, 0.25) is 0 Å². The molecule has 0 saturated carbocycles. The molecule has 0 saturated heterocycles. The summed E-state index contributed by atoms with van der Waals surface area (Å²) in [5.74, 6) is -2.39. The third-order valence-electron chi connectivity index (χ3n) is 1.27. The van der Waals surface area contributed by atoms with Crippen molar-refractivity contribution in [2.24, 2.45) is 5.73 Å². The van der Waals surface area contributed by atoms with Gasteiger partial charge in [0.05, 0.1) is 7.11 Å². The topological polar surface area (TPSA) is 89.6 Å². The van der Waals surface area contributed by atoms with Crippen LogP contribution in [-0.2, 0) is 14.3 Å². The lowest BCUT2D eigenvalue weighted by atomic mass is 10.1. The maximum absolute atomic E-state index is 11.2. The maximum atomic E-state index is 11.2. The van der Waals surface area contributed by atoms with Crippen LogP contribution in [0.15, 0.2) is 23.6 Å². The van der Waals surface area contributed by atoms with Gasteiger partial charge in [-0.25, -0.2) is 4.79 Å². The number of rotatable bonds is 4. The second kappa shape index (κ2) is 4.30. The van der Waals surface area contributed by atoms with Crippen molar-refractivity contribution < 1.29 is 19.4 Å². The second-order valence-electron chi connectivity index (χ2n) is 2.36. The fourth-order valence-electron chi connectivity index (χ4n) is 0.616. The van der Waals surface area contributed by atoms with Gasteiger partial charge in [-0.05, 0) is 12.5 Å². The number of hydrogen-bond acceptors (Lipinski definition) is 4. The highest BCUT2D eigenvalue weighted by Crippen LogP contribution is 2.07. The van der Waals surface area contributed by atoms with E-state index in [1.54, 1.807) is 0 Å². The molecule has 0 aliphatic heterocycles. The molecule has 5 nitrogen and oxygen atoms in total. The van der Waals surface area contributed by atoms with Gasteiger partial charge in [0.2, 0.25) is 5.78 Å². The molecule has 3 N–H and O–H groups in total. The Morgan fingerprint density at radius 2 is 1.92 bits per heavy atom. The smallest absolute Gasteiger partial charge is 0.355 e. The van der Waals surface area contributed by atoms with Crippen LogP contribution in [0, 0.1) is 0 Å². The van der Waals surface area contributed by atoms with Crippen LogP contribution in [0.4, 0.5) is 0 Å². The van der Waals surface area contributed by atoms with Gasteiger partial charge in [-0.15, -0.1) is 0 Å². The van der Waals surface area contributed by atoms with E-state index in [1.165, 1.54) is 14.0 Å². The minimum atomic E-state index is -1.40. The SMILES string of the molecule is C=C(C)C(=O)C(OC)=C(N)C(=O)O. The summed E-state index contributed by atoms with van der Waals surface area (Å²) in [6, 6.07) is 0. The highest BCUT2D eigenvalue weighted by Gasteiger charge is 2.19. The van der Waals surface area contributed by atoms with Crippen molar-refractivity contribution in [2.75, 3.05) is 7.11 Å². The number of nitrogens with two attached hydrogens (primary N) is 1. The van der Waals surface area contributed by atoms with Crippen molar-refractivity contribution >= 4 is 11.8 Å². The number of Topliss-reactive ketones (excluding diaryl/α,β-unsaturated/α-hetero) is 1. The first-order chi connectivity index (χ1) is 5.91. The van der Waals surface area contributed by atoms with Crippen LogP contribution in [0.1, 0.15) is 6.92 Å². The van der Waals surface area contributed by atoms with E-state index in [0.717, 1.165) is 0 Å². The van der Waals surface area contributed by atoms with Crippen LogP contribution in [0.3, 0.4) is 0 Å². The lowest BCUT2D eigenvalue weighted by Crippen LogP contribution is -2.19. The van der Waals surface area contributed by atoms with E-state index in [9.17, 15) is 9.59 Å². The van der Waals surface area contributed by atoms with E-state index < -0.39 is 17.4 Å². The molecule has 0 aromatic heterocycles. The minimum absolute atomic E-state index is 0.168. The summed E-state index contributed by atoms with van der Waals surface area (Å²) in [5, 5.41) is 8.47. The summed E-state index contributed by atoms with van der Waals surface area (Å²) < 4.78 is 4.56. The lowest BCUT2D eigenvalue weighted by molar-refractivity contribution is -0.133. The zero-order valence-corrected chi connectivity index (χ0v) is 7.46. The third-order valence-corrected chi connectivity index (χ3v) is 1.27. The molecule has 0 spiro atoms. The molecule has 72 valence electrons. The Labute approximate surface area is 75.5 Å². The number of ether oxygens (including phenoxy) is 1. The molecule has 0 aliphatic rings. The van der Waals surface area contributed by atoms with Gasteiger partial charge in [-0.2, -0.15) is 0 Å². The van der Waals surface area contributed by atoms with E-state index in [-0.39, 0.29) is 11.3 Å². The molecule has 13 heavy (non-hydrogen) atoms. The summed E-state index contributed by atoms with van der Waals surface area (Å²) in [4.78, 5) is 21.6. The third kappa shape index (κ3) is 2.62. The summed E-state index contributed by atoms with van der Waals surface area (Å²) in [6.07, 6.45) is 0. The van der Waals surface area contributed by atoms with Gasteiger partial charge in [0, 0.05) is 0 Å². The Kier molecular flexibility index (Phi) is 3.71. The number of methoxy groups -OCH3 is 1. The average molecular weight is 185 g/mol. The standard InChI is InChI=1S/C8H11NO4/c1-4(2)6(10)7(13-3)5(9)8(11)12/h1,9H2,2-3H3,(H,11,12). The van der Waals surface area contributed by atoms with Crippen LogP contribution in [0.5, 0.6) is 0 Å². The molecule has 0 aromatic carbocycles. The van der Waals surface area contributed by atoms with Crippen molar-refractivity contribution in [2.45, 2.75) is 6.92 Å². The predicted molar refractivity (Wildman–Crippen MR) is 45.7 cm³/mol. The molecule has 0 fully saturated rings. The highest BCUT2D eigenvalue weighted by atomic mass is 16.5. The summed E-state index contributed by atoms with van der Waals surface area (Å²) >= 11 is 0. The first kappa shape index (κ1) is 11.2. The number of hydrogen-bond donors (Lipinski definition) is 2. The molecular formula is C8H11NO4. The van der Waals surface area contributed by atoms with E-state index in [2.05, 4.69) is 11.3 Å². The van der Waals surface area contributed by atoms with Gasteiger partial charge in [0.15, 0.2) is 11.5 Å². The molecule has 0 aliphatic carbocycles. The van der Waals surface area contributed by atoms with Gasteiger partial charge in [0.25, 0.3) is 0 Å².